The van der Waals surface area contributed by atoms with E-state index in [2.05, 4.69) is 20.8 Å². The summed E-state index contributed by atoms with van der Waals surface area (Å²) < 4.78 is 5.28. The quantitative estimate of drug-likeness (QED) is 0.617. The smallest absolute Gasteiger partial charge is 0.160 e. The molecule has 78 valence electrons. The van der Waals surface area contributed by atoms with E-state index >= 15 is 0 Å². The van der Waals surface area contributed by atoms with E-state index in [4.69, 9.17) is 4.74 Å². The molecular weight excluding hydrogens is 164 g/mol. The summed E-state index contributed by atoms with van der Waals surface area (Å²) in [5.74, 6) is 0.281. The number of hydrogen-bond donors (Lipinski definition) is 0. The third-order valence-corrected chi connectivity index (χ3v) is 1.88. The minimum absolute atomic E-state index is 0.0923. The molecule has 0 saturated heterocycles. The molecular formula is C11H22O2. The molecule has 0 unspecified atom stereocenters. The molecule has 0 aromatic heterocycles. The average molecular weight is 186 g/mol. The first-order chi connectivity index (χ1) is 5.83. The van der Waals surface area contributed by atoms with Crippen molar-refractivity contribution in [3.8, 4) is 0 Å². The van der Waals surface area contributed by atoms with Crippen LogP contribution in [0.3, 0.4) is 0 Å². The Kier molecular flexibility index (Phi) is 5.23. The zero-order valence-electron chi connectivity index (χ0n) is 9.52. The fourth-order valence-corrected chi connectivity index (χ4v) is 0.718. The van der Waals surface area contributed by atoms with E-state index in [1.165, 1.54) is 0 Å². The van der Waals surface area contributed by atoms with E-state index in [9.17, 15) is 4.79 Å². The Bertz CT molecular complexity index is 154. The molecule has 0 aliphatic carbocycles. The standard InChI is InChI=1S/C11H22O2/c1-9(2)10(12)8-13-7-6-11(3,4)5/h9H,6-8H2,1-5H3. The molecule has 0 radical (unpaired) electrons. The second kappa shape index (κ2) is 5.38. The molecule has 0 atom stereocenters. The number of hydrogen-bond acceptors (Lipinski definition) is 2. The van der Waals surface area contributed by atoms with Gasteiger partial charge in [0, 0.05) is 12.5 Å². The molecule has 0 aromatic carbocycles. The Morgan fingerprint density at radius 3 is 2.23 bits per heavy atom. The molecule has 2 nitrogen and oxygen atoms in total. The van der Waals surface area contributed by atoms with Crippen molar-refractivity contribution in [2.24, 2.45) is 11.3 Å². The zero-order chi connectivity index (χ0) is 10.5. The SMILES string of the molecule is CC(C)C(=O)COCCC(C)(C)C. The third-order valence-electron chi connectivity index (χ3n) is 1.88. The van der Waals surface area contributed by atoms with Gasteiger partial charge in [-0.05, 0) is 11.8 Å². The largest absolute Gasteiger partial charge is 0.374 e. The van der Waals surface area contributed by atoms with Gasteiger partial charge in [-0.25, -0.2) is 0 Å². The Morgan fingerprint density at radius 1 is 1.31 bits per heavy atom. The van der Waals surface area contributed by atoms with Gasteiger partial charge in [0.05, 0.1) is 0 Å². The van der Waals surface area contributed by atoms with E-state index in [0.717, 1.165) is 6.42 Å². The summed E-state index contributed by atoms with van der Waals surface area (Å²) in [5.41, 5.74) is 0.293. The number of ether oxygens (including phenoxy) is 1. The lowest BCUT2D eigenvalue weighted by atomic mass is 9.93. The first-order valence-electron chi connectivity index (χ1n) is 4.93. The van der Waals surface area contributed by atoms with Crippen molar-refractivity contribution in [1.82, 2.24) is 0 Å². The zero-order valence-corrected chi connectivity index (χ0v) is 9.52. The predicted molar refractivity (Wildman–Crippen MR) is 54.7 cm³/mol. The van der Waals surface area contributed by atoms with Gasteiger partial charge in [-0.2, -0.15) is 0 Å². The highest BCUT2D eigenvalue weighted by molar-refractivity contribution is 5.81. The number of ketones is 1. The van der Waals surface area contributed by atoms with Crippen LogP contribution in [0, 0.1) is 11.3 Å². The van der Waals surface area contributed by atoms with Crippen LogP contribution in [-0.4, -0.2) is 19.0 Å². The molecule has 0 saturated carbocycles. The van der Waals surface area contributed by atoms with E-state index < -0.39 is 0 Å². The topological polar surface area (TPSA) is 26.3 Å². The summed E-state index contributed by atoms with van der Waals surface area (Å²) in [4.78, 5) is 11.1. The Labute approximate surface area is 81.7 Å². The Morgan fingerprint density at radius 2 is 1.85 bits per heavy atom. The van der Waals surface area contributed by atoms with Gasteiger partial charge in [0.15, 0.2) is 5.78 Å². The van der Waals surface area contributed by atoms with Gasteiger partial charge in [-0.1, -0.05) is 34.6 Å². The summed E-state index contributed by atoms with van der Waals surface area (Å²) in [6, 6.07) is 0. The lowest BCUT2D eigenvalue weighted by molar-refractivity contribution is -0.126. The fourth-order valence-electron chi connectivity index (χ4n) is 0.718. The van der Waals surface area contributed by atoms with Crippen molar-refractivity contribution < 1.29 is 9.53 Å². The normalized spacial score (nSPS) is 12.2. The van der Waals surface area contributed by atoms with E-state index in [0.29, 0.717) is 12.0 Å². The molecule has 2 heteroatoms. The van der Waals surface area contributed by atoms with E-state index in [1.807, 2.05) is 13.8 Å². The van der Waals surface area contributed by atoms with Crippen molar-refractivity contribution in [2.75, 3.05) is 13.2 Å². The molecule has 0 aliphatic heterocycles. The maximum atomic E-state index is 11.1. The molecule has 0 amide bonds. The van der Waals surface area contributed by atoms with Gasteiger partial charge in [-0.3, -0.25) is 4.79 Å². The molecule has 0 bridgehead atoms. The monoisotopic (exact) mass is 186 g/mol. The summed E-state index contributed by atoms with van der Waals surface area (Å²) in [5, 5.41) is 0. The maximum Gasteiger partial charge on any atom is 0.160 e. The van der Waals surface area contributed by atoms with Crippen LogP contribution < -0.4 is 0 Å². The van der Waals surface area contributed by atoms with Gasteiger partial charge in [0.2, 0.25) is 0 Å². The predicted octanol–water partition coefficient (Wildman–Crippen LogP) is 2.66. The molecule has 0 rings (SSSR count). The summed E-state index contributed by atoms with van der Waals surface area (Å²) >= 11 is 0. The maximum absolute atomic E-state index is 11.1. The number of Topliss-reactive ketones (excluding diaryl/α,β-unsaturated/α-hetero) is 1. The van der Waals surface area contributed by atoms with Gasteiger partial charge in [-0.15, -0.1) is 0 Å². The van der Waals surface area contributed by atoms with Gasteiger partial charge in [0.25, 0.3) is 0 Å². The number of carbonyl (C=O) groups excluding carboxylic acids is 1. The average Bonchev–Trinajstić information content (AvgIpc) is 1.95. The van der Waals surface area contributed by atoms with Crippen molar-refractivity contribution in [3.05, 3.63) is 0 Å². The fraction of sp³-hybridized carbons (Fsp3) is 0.909. The third kappa shape index (κ3) is 7.97. The summed E-state index contributed by atoms with van der Waals surface area (Å²) in [7, 11) is 0. The molecule has 0 aliphatic rings. The van der Waals surface area contributed by atoms with Crippen LogP contribution in [0.4, 0.5) is 0 Å². The highest BCUT2D eigenvalue weighted by Crippen LogP contribution is 2.17. The highest BCUT2D eigenvalue weighted by atomic mass is 16.5. The first-order valence-corrected chi connectivity index (χ1v) is 4.93. The second-order valence-electron chi connectivity index (χ2n) is 4.98. The van der Waals surface area contributed by atoms with Crippen molar-refractivity contribution in [2.45, 2.75) is 41.0 Å². The second-order valence-corrected chi connectivity index (χ2v) is 4.98. The van der Waals surface area contributed by atoms with Crippen LogP contribution in [0.5, 0.6) is 0 Å². The summed E-state index contributed by atoms with van der Waals surface area (Å²) in [6.45, 7) is 11.3. The lowest BCUT2D eigenvalue weighted by Gasteiger charge is -2.17. The van der Waals surface area contributed by atoms with Crippen LogP contribution in [-0.2, 0) is 9.53 Å². The molecule has 0 N–H and O–H groups in total. The molecule has 13 heavy (non-hydrogen) atoms. The van der Waals surface area contributed by atoms with Crippen molar-refractivity contribution in [3.63, 3.8) is 0 Å². The van der Waals surface area contributed by atoms with Crippen LogP contribution >= 0.6 is 0 Å². The van der Waals surface area contributed by atoms with Crippen LogP contribution in [0.2, 0.25) is 0 Å². The first kappa shape index (κ1) is 12.6. The number of rotatable bonds is 5. The van der Waals surface area contributed by atoms with Crippen molar-refractivity contribution >= 4 is 5.78 Å². The van der Waals surface area contributed by atoms with Gasteiger partial charge in [0.1, 0.15) is 6.61 Å². The van der Waals surface area contributed by atoms with Crippen LogP contribution in [0.25, 0.3) is 0 Å². The van der Waals surface area contributed by atoms with Gasteiger partial charge < -0.3 is 4.74 Å². The Balaban J connectivity index is 3.42. The molecule has 0 fully saturated rings. The van der Waals surface area contributed by atoms with Crippen molar-refractivity contribution in [1.29, 1.82) is 0 Å². The van der Waals surface area contributed by atoms with Gasteiger partial charge >= 0.3 is 0 Å². The molecule has 0 spiro atoms. The lowest BCUT2D eigenvalue weighted by Crippen LogP contribution is -2.17. The van der Waals surface area contributed by atoms with Crippen LogP contribution in [0.1, 0.15) is 41.0 Å². The Hall–Kier alpha value is -0.370. The minimum Gasteiger partial charge on any atom is -0.374 e. The number of carbonyl (C=O) groups is 1. The van der Waals surface area contributed by atoms with E-state index in [1.54, 1.807) is 0 Å². The summed E-state index contributed by atoms with van der Waals surface area (Å²) in [6.07, 6.45) is 0.998. The molecule has 0 heterocycles. The van der Waals surface area contributed by atoms with E-state index in [-0.39, 0.29) is 18.3 Å². The molecule has 0 aromatic rings. The van der Waals surface area contributed by atoms with Crippen LogP contribution in [0.15, 0.2) is 0 Å². The highest BCUT2D eigenvalue weighted by Gasteiger charge is 2.11. The minimum atomic E-state index is 0.0923.